The average Bonchev–Trinajstić information content (AvgIpc) is 3.17. The van der Waals surface area contributed by atoms with Crippen LogP contribution in [0.2, 0.25) is 0 Å². The van der Waals surface area contributed by atoms with Gasteiger partial charge in [0.1, 0.15) is 24.2 Å². The predicted octanol–water partition coefficient (Wildman–Crippen LogP) is 4.43. The van der Waals surface area contributed by atoms with E-state index in [1.54, 1.807) is 4.57 Å². The normalized spacial score (nSPS) is 15.4. The van der Waals surface area contributed by atoms with Gasteiger partial charge in [-0.05, 0) is 35.4 Å². The molecule has 1 aliphatic heterocycles. The first kappa shape index (κ1) is 17.8. The Bertz CT molecular complexity index is 1300. The Balaban J connectivity index is 1.49. The highest BCUT2D eigenvalue weighted by atomic mass is 16.5. The van der Waals surface area contributed by atoms with Gasteiger partial charge >= 0.3 is 0 Å². The Kier molecular flexibility index (Phi) is 4.34. The van der Waals surface area contributed by atoms with Gasteiger partial charge in [-0.1, -0.05) is 54.6 Å². The van der Waals surface area contributed by atoms with Crippen molar-refractivity contribution in [2.24, 2.45) is 5.73 Å². The van der Waals surface area contributed by atoms with Crippen LogP contribution in [0, 0.1) is 11.3 Å². The number of para-hydroxylation sites is 2. The number of ether oxygens (including phenoxy) is 1. The molecule has 5 rings (SSSR count). The van der Waals surface area contributed by atoms with Gasteiger partial charge in [0.2, 0.25) is 5.95 Å². The molecule has 2 heterocycles. The van der Waals surface area contributed by atoms with Crippen molar-refractivity contribution in [2.45, 2.75) is 12.6 Å². The fourth-order valence-electron chi connectivity index (χ4n) is 3.73. The van der Waals surface area contributed by atoms with E-state index in [9.17, 15) is 5.26 Å². The lowest BCUT2D eigenvalue weighted by molar-refractivity contribution is 0.306. The van der Waals surface area contributed by atoms with Crippen molar-refractivity contribution >= 4 is 22.8 Å². The van der Waals surface area contributed by atoms with E-state index in [0.29, 0.717) is 23.9 Å². The van der Waals surface area contributed by atoms with Gasteiger partial charge in [-0.3, -0.25) is 4.57 Å². The third-order valence-electron chi connectivity index (χ3n) is 5.20. The zero-order valence-electron chi connectivity index (χ0n) is 16.1. The first-order valence-corrected chi connectivity index (χ1v) is 9.65. The number of hydrogen-bond donors (Lipinski definition) is 2. The smallest absolute Gasteiger partial charge is 0.210 e. The summed E-state index contributed by atoms with van der Waals surface area (Å²) in [5, 5.41) is 13.2. The summed E-state index contributed by atoms with van der Waals surface area (Å²) in [6.07, 6.45) is 0. The molecule has 3 N–H and O–H groups in total. The van der Waals surface area contributed by atoms with Gasteiger partial charge in [0.15, 0.2) is 0 Å². The van der Waals surface area contributed by atoms with Gasteiger partial charge in [-0.25, -0.2) is 4.98 Å². The molecule has 6 heteroatoms. The molecule has 0 radical (unpaired) electrons. The Labute approximate surface area is 173 Å². The van der Waals surface area contributed by atoms with E-state index in [0.717, 1.165) is 27.9 Å². The van der Waals surface area contributed by atoms with Crippen molar-refractivity contribution in [3.05, 3.63) is 95.6 Å². The molecule has 0 fully saturated rings. The average molecular weight is 393 g/mol. The molecule has 1 aliphatic rings. The monoisotopic (exact) mass is 393 g/mol. The number of fused-ring (bicyclic) bond motifs is 3. The highest BCUT2D eigenvalue weighted by Gasteiger charge is 2.29. The summed E-state index contributed by atoms with van der Waals surface area (Å²) in [5.41, 5.74) is 10.5. The quantitative estimate of drug-likeness (QED) is 0.535. The van der Waals surface area contributed by atoms with Gasteiger partial charge in [-0.2, -0.15) is 5.26 Å². The van der Waals surface area contributed by atoms with Crippen LogP contribution in [0.15, 0.2) is 84.4 Å². The summed E-state index contributed by atoms with van der Waals surface area (Å²) < 4.78 is 7.75. The van der Waals surface area contributed by atoms with Crippen LogP contribution in [0.1, 0.15) is 17.2 Å². The highest BCUT2D eigenvalue weighted by Crippen LogP contribution is 2.37. The van der Waals surface area contributed by atoms with Crippen LogP contribution < -0.4 is 15.8 Å². The number of nitrogens with one attached hydrogen (secondary N) is 1. The van der Waals surface area contributed by atoms with Crippen molar-refractivity contribution < 1.29 is 4.74 Å². The van der Waals surface area contributed by atoms with Crippen LogP contribution in [-0.4, -0.2) is 9.55 Å². The second-order valence-electron chi connectivity index (χ2n) is 7.09. The molecular formula is C24H19N5O. The third kappa shape index (κ3) is 3.03. The molecule has 0 spiro atoms. The van der Waals surface area contributed by atoms with Crippen LogP contribution in [0.4, 0.5) is 5.95 Å². The van der Waals surface area contributed by atoms with Crippen LogP contribution in [0.5, 0.6) is 5.75 Å². The molecule has 0 unspecified atom stereocenters. The van der Waals surface area contributed by atoms with Crippen LogP contribution >= 0.6 is 0 Å². The Morgan fingerprint density at radius 1 is 1.03 bits per heavy atom. The van der Waals surface area contributed by atoms with E-state index >= 15 is 0 Å². The standard InChI is InChI=1S/C24H19N5O/c25-14-19-22(28-24-27-20-11-4-5-12-21(20)29(24)23(19)26)17-9-6-10-18(13-17)30-15-16-7-2-1-3-8-16/h1-13,22H,15,26H2,(H,27,28)/t22-/m1/s1. The summed E-state index contributed by atoms with van der Waals surface area (Å²) >= 11 is 0. The van der Waals surface area contributed by atoms with Gasteiger partial charge in [0.05, 0.1) is 22.6 Å². The number of nitrogens with zero attached hydrogens (tertiary/aromatic N) is 3. The van der Waals surface area contributed by atoms with E-state index in [2.05, 4.69) is 16.4 Å². The number of benzene rings is 3. The lowest BCUT2D eigenvalue weighted by atomic mass is 9.98. The van der Waals surface area contributed by atoms with Crippen molar-refractivity contribution in [1.29, 1.82) is 5.26 Å². The molecular weight excluding hydrogens is 374 g/mol. The third-order valence-corrected chi connectivity index (χ3v) is 5.20. The zero-order chi connectivity index (χ0) is 20.5. The van der Waals surface area contributed by atoms with Crippen molar-refractivity contribution in [2.75, 3.05) is 5.32 Å². The number of nitriles is 1. The molecule has 0 amide bonds. The largest absolute Gasteiger partial charge is 0.489 e. The molecule has 0 aliphatic carbocycles. The summed E-state index contributed by atoms with van der Waals surface area (Å²) in [5.74, 6) is 1.74. The predicted molar refractivity (Wildman–Crippen MR) is 116 cm³/mol. The maximum atomic E-state index is 9.86. The molecule has 0 saturated heterocycles. The zero-order valence-corrected chi connectivity index (χ0v) is 16.1. The highest BCUT2D eigenvalue weighted by molar-refractivity contribution is 5.85. The Hall–Kier alpha value is -4.24. The number of rotatable bonds is 4. The molecule has 0 bridgehead atoms. The van der Waals surface area contributed by atoms with Gasteiger partial charge in [-0.15, -0.1) is 0 Å². The fourth-order valence-corrected chi connectivity index (χ4v) is 3.73. The lowest BCUT2D eigenvalue weighted by Crippen LogP contribution is -2.26. The van der Waals surface area contributed by atoms with E-state index in [1.165, 1.54) is 0 Å². The number of imidazole rings is 1. The van der Waals surface area contributed by atoms with E-state index in [1.807, 2.05) is 78.9 Å². The molecule has 6 nitrogen and oxygen atoms in total. The molecule has 4 aromatic rings. The minimum Gasteiger partial charge on any atom is -0.489 e. The topological polar surface area (TPSA) is 88.9 Å². The maximum Gasteiger partial charge on any atom is 0.210 e. The van der Waals surface area contributed by atoms with Crippen molar-refractivity contribution in [1.82, 2.24) is 9.55 Å². The second-order valence-corrected chi connectivity index (χ2v) is 7.09. The Morgan fingerprint density at radius 2 is 1.83 bits per heavy atom. The van der Waals surface area contributed by atoms with Gasteiger partial charge in [0, 0.05) is 0 Å². The molecule has 1 atom stereocenters. The van der Waals surface area contributed by atoms with E-state index < -0.39 is 6.04 Å². The first-order valence-electron chi connectivity index (χ1n) is 9.65. The fraction of sp³-hybridized carbons (Fsp3) is 0.0833. The van der Waals surface area contributed by atoms with Crippen LogP contribution in [0.3, 0.4) is 0 Å². The van der Waals surface area contributed by atoms with Crippen molar-refractivity contribution in [3.63, 3.8) is 0 Å². The maximum absolute atomic E-state index is 9.86. The van der Waals surface area contributed by atoms with Gasteiger partial charge < -0.3 is 15.8 Å². The molecule has 0 saturated carbocycles. The van der Waals surface area contributed by atoms with Gasteiger partial charge in [0.25, 0.3) is 0 Å². The molecule has 3 aromatic carbocycles. The minimum absolute atomic E-state index is 0.389. The number of hydrogen-bond acceptors (Lipinski definition) is 5. The van der Waals surface area contributed by atoms with Crippen LogP contribution in [-0.2, 0) is 6.61 Å². The van der Waals surface area contributed by atoms with E-state index in [-0.39, 0.29) is 0 Å². The summed E-state index contributed by atoms with van der Waals surface area (Å²) in [4.78, 5) is 4.64. The minimum atomic E-state index is -0.403. The number of nitrogens with two attached hydrogens (primary N) is 1. The first-order chi connectivity index (χ1) is 14.7. The SMILES string of the molecule is N#CC1=C(N)n2c(nc3ccccc32)N[C@@H]1c1cccc(OCc2ccccc2)c1. The van der Waals surface area contributed by atoms with E-state index in [4.69, 9.17) is 10.5 Å². The lowest BCUT2D eigenvalue weighted by Gasteiger charge is -2.27. The second kappa shape index (κ2) is 7.30. The summed E-state index contributed by atoms with van der Waals surface area (Å²) in [6.45, 7) is 0.473. The number of anilines is 1. The summed E-state index contributed by atoms with van der Waals surface area (Å²) in [6, 6.07) is 27.3. The number of aromatic nitrogens is 2. The van der Waals surface area contributed by atoms with Crippen LogP contribution in [0.25, 0.3) is 16.9 Å². The molecule has 30 heavy (non-hydrogen) atoms. The summed E-state index contributed by atoms with van der Waals surface area (Å²) in [7, 11) is 0. The molecule has 146 valence electrons. The van der Waals surface area contributed by atoms with Crippen molar-refractivity contribution in [3.8, 4) is 11.8 Å². The Morgan fingerprint density at radius 3 is 2.67 bits per heavy atom. The molecule has 1 aromatic heterocycles.